The first-order valence-corrected chi connectivity index (χ1v) is 12.3. The molecule has 34 heavy (non-hydrogen) atoms. The molecule has 0 bridgehead atoms. The van der Waals surface area contributed by atoms with E-state index in [1.165, 1.54) is 16.4 Å². The zero-order valence-electron chi connectivity index (χ0n) is 19.2. The van der Waals surface area contributed by atoms with Crippen LogP contribution < -0.4 is 0 Å². The van der Waals surface area contributed by atoms with Crippen LogP contribution in [0.2, 0.25) is 0 Å². The van der Waals surface area contributed by atoms with Gasteiger partial charge < -0.3 is 14.1 Å². The van der Waals surface area contributed by atoms with Crippen LogP contribution in [0.4, 0.5) is 0 Å². The minimum Gasteiger partial charge on any atom is -0.460 e. The fraction of sp³-hybridized carbons (Fsp3) is 0.348. The number of rotatable bonds is 6. The Balaban J connectivity index is 1.45. The van der Waals surface area contributed by atoms with E-state index in [1.807, 2.05) is 38.1 Å². The Morgan fingerprint density at radius 3 is 2.44 bits per heavy atom. The average molecular weight is 487 g/mol. The normalized spacial score (nSPS) is 14.9. The number of amides is 1. The number of aryl methyl sites for hydroxylation is 1. The number of furan rings is 1. The summed E-state index contributed by atoms with van der Waals surface area (Å²) in [6.07, 6.45) is 1.55. The van der Waals surface area contributed by atoms with Crippen molar-refractivity contribution in [3.8, 4) is 5.69 Å². The number of carbonyl (C=O) groups is 2. The van der Waals surface area contributed by atoms with Gasteiger partial charge in [0.1, 0.15) is 0 Å². The first-order chi connectivity index (χ1) is 16.2. The molecule has 4 rings (SSSR count). The number of hydrogen-bond donors (Lipinski definition) is 0. The highest BCUT2D eigenvalue weighted by molar-refractivity contribution is 7.89. The lowest BCUT2D eigenvalue weighted by Crippen LogP contribution is -2.50. The van der Waals surface area contributed by atoms with Crippen LogP contribution >= 0.6 is 0 Å². The molecule has 0 radical (unpaired) electrons. The number of sulfonamides is 1. The molecule has 0 unspecified atom stereocenters. The van der Waals surface area contributed by atoms with Crippen LogP contribution in [0.15, 0.2) is 52.1 Å². The summed E-state index contributed by atoms with van der Waals surface area (Å²) in [6.45, 7) is 6.27. The third-order valence-electron chi connectivity index (χ3n) is 5.76. The molecule has 11 heteroatoms. The van der Waals surface area contributed by atoms with Crippen LogP contribution in [0.25, 0.3) is 5.69 Å². The molecule has 1 aliphatic rings. The Morgan fingerprint density at radius 2 is 1.76 bits per heavy atom. The van der Waals surface area contributed by atoms with Crippen molar-refractivity contribution in [1.29, 1.82) is 0 Å². The summed E-state index contributed by atoms with van der Waals surface area (Å²) in [7, 11) is -3.94. The van der Waals surface area contributed by atoms with Crippen LogP contribution in [0.5, 0.6) is 0 Å². The van der Waals surface area contributed by atoms with Gasteiger partial charge in [0, 0.05) is 26.2 Å². The number of esters is 1. The van der Waals surface area contributed by atoms with E-state index in [1.54, 1.807) is 22.7 Å². The van der Waals surface area contributed by atoms with E-state index in [0.29, 0.717) is 5.56 Å². The third-order valence-corrected chi connectivity index (χ3v) is 7.53. The fourth-order valence-corrected chi connectivity index (χ4v) is 5.20. The van der Waals surface area contributed by atoms with Crippen LogP contribution in [0.3, 0.4) is 0 Å². The standard InChI is InChI=1S/C23H26N4O6S/c1-4-32-23(29)20-9-10-21(33-20)34(30,31)26-13-11-25(12-14-26)22(28)18-15-24-27(17(18)3)19-8-6-5-7-16(19)2/h5-10,15H,4,11-14H2,1-3H3. The summed E-state index contributed by atoms with van der Waals surface area (Å²) < 4.78 is 38.9. The Kier molecular flexibility index (Phi) is 6.58. The summed E-state index contributed by atoms with van der Waals surface area (Å²) in [5.41, 5.74) is 3.13. The molecule has 0 aliphatic carbocycles. The summed E-state index contributed by atoms with van der Waals surface area (Å²) >= 11 is 0. The van der Waals surface area contributed by atoms with Gasteiger partial charge in [-0.2, -0.15) is 9.40 Å². The Hall–Kier alpha value is -3.44. The zero-order chi connectivity index (χ0) is 24.5. The van der Waals surface area contributed by atoms with E-state index in [-0.39, 0.29) is 49.5 Å². The number of benzene rings is 1. The van der Waals surface area contributed by atoms with Gasteiger partial charge in [0.2, 0.25) is 10.9 Å². The molecule has 3 aromatic rings. The number of ether oxygens (including phenoxy) is 1. The van der Waals surface area contributed by atoms with Gasteiger partial charge in [-0.25, -0.2) is 17.9 Å². The number of aromatic nitrogens is 2. The Labute approximate surface area is 197 Å². The number of nitrogens with zero attached hydrogens (tertiary/aromatic N) is 4. The maximum Gasteiger partial charge on any atom is 0.374 e. The van der Waals surface area contributed by atoms with Gasteiger partial charge in [0.25, 0.3) is 15.9 Å². The third kappa shape index (κ3) is 4.36. The molecule has 1 aromatic carbocycles. The number of para-hydroxylation sites is 1. The van der Waals surface area contributed by atoms with Crippen molar-refractivity contribution in [3.63, 3.8) is 0 Å². The van der Waals surface area contributed by atoms with E-state index in [9.17, 15) is 18.0 Å². The van der Waals surface area contributed by atoms with Crippen molar-refractivity contribution in [1.82, 2.24) is 19.0 Å². The van der Waals surface area contributed by atoms with Gasteiger partial charge >= 0.3 is 5.97 Å². The minimum atomic E-state index is -3.94. The first kappa shape index (κ1) is 23.7. The molecule has 1 amide bonds. The molecular weight excluding hydrogens is 460 g/mol. The largest absolute Gasteiger partial charge is 0.460 e. The summed E-state index contributed by atoms with van der Waals surface area (Å²) in [5, 5.41) is 4.07. The highest BCUT2D eigenvalue weighted by Crippen LogP contribution is 2.23. The van der Waals surface area contributed by atoms with E-state index >= 15 is 0 Å². The number of piperazine rings is 1. The highest BCUT2D eigenvalue weighted by atomic mass is 32.2. The van der Waals surface area contributed by atoms with Crippen molar-refractivity contribution in [2.75, 3.05) is 32.8 Å². The molecule has 180 valence electrons. The molecule has 0 atom stereocenters. The lowest BCUT2D eigenvalue weighted by atomic mass is 10.2. The lowest BCUT2D eigenvalue weighted by Gasteiger charge is -2.33. The van der Waals surface area contributed by atoms with Crippen LogP contribution in [-0.2, 0) is 14.8 Å². The van der Waals surface area contributed by atoms with E-state index < -0.39 is 16.0 Å². The zero-order valence-corrected chi connectivity index (χ0v) is 20.0. The average Bonchev–Trinajstić information content (AvgIpc) is 3.47. The van der Waals surface area contributed by atoms with Gasteiger partial charge in [-0.05, 0) is 44.5 Å². The van der Waals surface area contributed by atoms with E-state index in [0.717, 1.165) is 16.9 Å². The predicted molar refractivity (Wildman–Crippen MR) is 122 cm³/mol. The van der Waals surface area contributed by atoms with Crippen molar-refractivity contribution >= 4 is 21.9 Å². The molecule has 3 heterocycles. The quantitative estimate of drug-likeness (QED) is 0.492. The number of hydrogen-bond acceptors (Lipinski definition) is 7. The first-order valence-electron chi connectivity index (χ1n) is 10.9. The maximum absolute atomic E-state index is 13.2. The van der Waals surface area contributed by atoms with Crippen molar-refractivity contribution in [3.05, 3.63) is 65.2 Å². The molecule has 0 N–H and O–H groups in total. The van der Waals surface area contributed by atoms with Gasteiger partial charge in [0.05, 0.1) is 29.7 Å². The van der Waals surface area contributed by atoms with Gasteiger partial charge in [-0.15, -0.1) is 0 Å². The van der Waals surface area contributed by atoms with Gasteiger partial charge in [-0.1, -0.05) is 18.2 Å². The van der Waals surface area contributed by atoms with Crippen molar-refractivity contribution < 1.29 is 27.2 Å². The second-order valence-electron chi connectivity index (χ2n) is 7.88. The van der Waals surface area contributed by atoms with Crippen molar-refractivity contribution in [2.45, 2.75) is 25.9 Å². The molecule has 2 aromatic heterocycles. The summed E-state index contributed by atoms with van der Waals surface area (Å²) in [6, 6.07) is 10.3. The van der Waals surface area contributed by atoms with Gasteiger partial charge in [0.15, 0.2) is 0 Å². The van der Waals surface area contributed by atoms with Gasteiger partial charge in [-0.3, -0.25) is 4.79 Å². The smallest absolute Gasteiger partial charge is 0.374 e. The SMILES string of the molecule is CCOC(=O)c1ccc(S(=O)(=O)N2CCN(C(=O)c3cnn(-c4ccccc4C)c3C)CC2)o1. The van der Waals surface area contributed by atoms with Crippen molar-refractivity contribution in [2.24, 2.45) is 0 Å². The van der Waals surface area contributed by atoms with E-state index in [2.05, 4.69) is 5.10 Å². The second-order valence-corrected chi connectivity index (χ2v) is 9.75. The van der Waals surface area contributed by atoms with E-state index in [4.69, 9.17) is 9.15 Å². The topological polar surface area (TPSA) is 115 Å². The molecule has 10 nitrogen and oxygen atoms in total. The lowest BCUT2D eigenvalue weighted by molar-refractivity contribution is 0.0483. The maximum atomic E-state index is 13.2. The second kappa shape index (κ2) is 9.43. The Morgan fingerprint density at radius 1 is 1.06 bits per heavy atom. The fourth-order valence-electron chi connectivity index (χ4n) is 3.86. The number of carbonyl (C=O) groups excluding carboxylic acids is 2. The molecule has 1 aliphatic heterocycles. The highest BCUT2D eigenvalue weighted by Gasteiger charge is 2.34. The van der Waals surface area contributed by atoms with Crippen LogP contribution in [-0.4, -0.2) is 72.1 Å². The molecule has 1 saturated heterocycles. The minimum absolute atomic E-state index is 0.106. The summed E-state index contributed by atoms with van der Waals surface area (Å²) in [5.74, 6) is -1.09. The molecule has 0 saturated carbocycles. The monoisotopic (exact) mass is 486 g/mol. The molecular formula is C23H26N4O6S. The summed E-state index contributed by atoms with van der Waals surface area (Å²) in [4.78, 5) is 26.5. The molecule has 0 spiro atoms. The molecule has 1 fully saturated rings. The van der Waals surface area contributed by atoms with Crippen LogP contribution in [0, 0.1) is 13.8 Å². The predicted octanol–water partition coefficient (Wildman–Crippen LogP) is 2.41. The van der Waals surface area contributed by atoms with Crippen LogP contribution in [0.1, 0.15) is 39.1 Å². The Bertz CT molecular complexity index is 1320.